The molecule has 1 atom stereocenters. The molecule has 0 saturated carbocycles. The normalized spacial score (nSPS) is 20.3. The van der Waals surface area contributed by atoms with Crippen LogP contribution in [0.15, 0.2) is 18.6 Å². The summed E-state index contributed by atoms with van der Waals surface area (Å²) < 4.78 is 0. The van der Waals surface area contributed by atoms with E-state index in [4.69, 9.17) is 4.98 Å². The van der Waals surface area contributed by atoms with Gasteiger partial charge in [-0.2, -0.15) is 0 Å². The summed E-state index contributed by atoms with van der Waals surface area (Å²) in [4.78, 5) is 29.5. The van der Waals surface area contributed by atoms with Gasteiger partial charge in [-0.25, -0.2) is 9.97 Å². The molecule has 1 unspecified atom stereocenters. The van der Waals surface area contributed by atoms with Crippen LogP contribution in [0, 0.1) is 11.8 Å². The number of rotatable bonds is 5. The van der Waals surface area contributed by atoms with Crippen molar-refractivity contribution in [2.45, 2.75) is 51.9 Å². The maximum Gasteiger partial charge on any atom is 0.229 e. The standard InChI is InChI=1S/C20H27N5OS/c1-2-3-14-4-5-16-17(12-14)27-20(23-16)24-19(26)15-6-10-25(11-7-15)18-13-21-8-9-22-18/h8-9,13-15H,2-7,10-12H2,1H3,(H,23,24,26). The number of aryl methyl sites for hydroxylation is 1. The quantitative estimate of drug-likeness (QED) is 0.850. The highest BCUT2D eigenvalue weighted by atomic mass is 32.1. The lowest BCUT2D eigenvalue weighted by atomic mass is 9.88. The van der Waals surface area contributed by atoms with Crippen molar-refractivity contribution >= 4 is 28.2 Å². The number of anilines is 2. The first kappa shape index (κ1) is 18.3. The van der Waals surface area contributed by atoms with Gasteiger partial charge in [0.1, 0.15) is 5.82 Å². The van der Waals surface area contributed by atoms with Gasteiger partial charge in [0.25, 0.3) is 0 Å². The minimum atomic E-state index is 0.0479. The molecule has 7 heteroatoms. The van der Waals surface area contributed by atoms with E-state index in [2.05, 4.69) is 27.1 Å². The molecule has 1 amide bonds. The van der Waals surface area contributed by atoms with Crippen LogP contribution in [0.5, 0.6) is 0 Å². The molecule has 1 aliphatic heterocycles. The van der Waals surface area contributed by atoms with Crippen LogP contribution in [0.1, 0.15) is 49.6 Å². The zero-order chi connectivity index (χ0) is 18.6. The van der Waals surface area contributed by atoms with Gasteiger partial charge in [-0.15, -0.1) is 11.3 Å². The van der Waals surface area contributed by atoms with E-state index in [1.807, 2.05) is 0 Å². The summed E-state index contributed by atoms with van der Waals surface area (Å²) in [7, 11) is 0. The molecule has 4 rings (SSSR count). The SMILES string of the molecule is CCCC1CCc2nc(NC(=O)C3CCN(c4cnccn4)CC3)sc2C1. The van der Waals surface area contributed by atoms with Gasteiger partial charge in [-0.05, 0) is 38.0 Å². The van der Waals surface area contributed by atoms with E-state index in [-0.39, 0.29) is 11.8 Å². The predicted molar refractivity (Wildman–Crippen MR) is 108 cm³/mol. The number of amides is 1. The van der Waals surface area contributed by atoms with Crippen LogP contribution < -0.4 is 10.2 Å². The van der Waals surface area contributed by atoms with Crippen molar-refractivity contribution in [3.63, 3.8) is 0 Å². The summed E-state index contributed by atoms with van der Waals surface area (Å²) in [5, 5.41) is 3.88. The first-order chi connectivity index (χ1) is 13.2. The van der Waals surface area contributed by atoms with E-state index in [0.29, 0.717) is 0 Å². The third-order valence-electron chi connectivity index (χ3n) is 5.71. The van der Waals surface area contributed by atoms with Crippen LogP contribution in [0.4, 0.5) is 10.9 Å². The van der Waals surface area contributed by atoms with E-state index in [0.717, 1.165) is 55.6 Å². The Kier molecular flexibility index (Phi) is 5.66. The van der Waals surface area contributed by atoms with Gasteiger partial charge in [-0.3, -0.25) is 9.78 Å². The van der Waals surface area contributed by atoms with Crippen molar-refractivity contribution in [1.29, 1.82) is 0 Å². The number of hydrogen-bond donors (Lipinski definition) is 1. The molecule has 0 aromatic carbocycles. The molecular formula is C20H27N5OS. The van der Waals surface area contributed by atoms with Crippen molar-refractivity contribution in [3.8, 4) is 0 Å². The maximum atomic E-state index is 12.7. The Balaban J connectivity index is 1.31. The largest absolute Gasteiger partial charge is 0.355 e. The molecule has 0 spiro atoms. The Morgan fingerprint density at radius 3 is 2.89 bits per heavy atom. The third kappa shape index (κ3) is 4.29. The molecule has 2 aromatic heterocycles. The molecule has 3 heterocycles. The predicted octanol–water partition coefficient (Wildman–Crippen LogP) is 3.69. The second kappa shape index (κ2) is 8.33. The van der Waals surface area contributed by atoms with Gasteiger partial charge < -0.3 is 10.2 Å². The van der Waals surface area contributed by atoms with Crippen molar-refractivity contribution < 1.29 is 4.79 Å². The van der Waals surface area contributed by atoms with E-state index in [1.165, 1.54) is 29.8 Å². The molecule has 0 bridgehead atoms. The topological polar surface area (TPSA) is 71.0 Å². The van der Waals surface area contributed by atoms with Crippen LogP contribution in [-0.2, 0) is 17.6 Å². The van der Waals surface area contributed by atoms with E-state index >= 15 is 0 Å². The highest BCUT2D eigenvalue weighted by molar-refractivity contribution is 7.15. The minimum Gasteiger partial charge on any atom is -0.355 e. The number of piperidine rings is 1. The summed E-state index contributed by atoms with van der Waals surface area (Å²) in [6.07, 6.45) is 12.8. The molecule has 144 valence electrons. The number of thiazole rings is 1. The second-order valence-corrected chi connectivity index (χ2v) is 8.68. The fraction of sp³-hybridized carbons (Fsp3) is 0.600. The van der Waals surface area contributed by atoms with Gasteiger partial charge in [0, 0.05) is 36.3 Å². The van der Waals surface area contributed by atoms with Crippen molar-refractivity contribution in [1.82, 2.24) is 15.0 Å². The Morgan fingerprint density at radius 1 is 1.30 bits per heavy atom. The lowest BCUT2D eigenvalue weighted by molar-refractivity contribution is -0.120. The molecular weight excluding hydrogens is 358 g/mol. The molecule has 0 radical (unpaired) electrons. The second-order valence-electron chi connectivity index (χ2n) is 7.60. The summed E-state index contributed by atoms with van der Waals surface area (Å²) in [5.41, 5.74) is 1.21. The molecule has 2 aliphatic rings. The van der Waals surface area contributed by atoms with Crippen molar-refractivity contribution in [2.24, 2.45) is 11.8 Å². The fourth-order valence-corrected chi connectivity index (χ4v) is 5.31. The van der Waals surface area contributed by atoms with Gasteiger partial charge in [0.2, 0.25) is 5.91 Å². The van der Waals surface area contributed by atoms with E-state index < -0.39 is 0 Å². The highest BCUT2D eigenvalue weighted by Crippen LogP contribution is 2.34. The van der Waals surface area contributed by atoms with Crippen LogP contribution in [-0.4, -0.2) is 33.9 Å². The van der Waals surface area contributed by atoms with E-state index in [9.17, 15) is 4.79 Å². The van der Waals surface area contributed by atoms with Crippen LogP contribution in [0.2, 0.25) is 0 Å². The smallest absolute Gasteiger partial charge is 0.229 e. The number of hydrogen-bond acceptors (Lipinski definition) is 6. The van der Waals surface area contributed by atoms with Crippen LogP contribution in [0.3, 0.4) is 0 Å². The monoisotopic (exact) mass is 385 g/mol. The Hall–Kier alpha value is -2.02. The Labute approximate surface area is 164 Å². The fourth-order valence-electron chi connectivity index (χ4n) is 4.18. The number of aromatic nitrogens is 3. The molecule has 1 N–H and O–H groups in total. The highest BCUT2D eigenvalue weighted by Gasteiger charge is 2.27. The van der Waals surface area contributed by atoms with Gasteiger partial charge in [-0.1, -0.05) is 19.8 Å². The zero-order valence-corrected chi connectivity index (χ0v) is 16.7. The average Bonchev–Trinajstić information content (AvgIpc) is 3.10. The van der Waals surface area contributed by atoms with Crippen LogP contribution >= 0.6 is 11.3 Å². The van der Waals surface area contributed by atoms with Crippen LogP contribution in [0.25, 0.3) is 0 Å². The zero-order valence-electron chi connectivity index (χ0n) is 15.9. The Morgan fingerprint density at radius 2 is 2.15 bits per heavy atom. The maximum absolute atomic E-state index is 12.7. The lowest BCUT2D eigenvalue weighted by Gasteiger charge is -2.31. The number of carbonyl (C=O) groups is 1. The number of nitrogens with one attached hydrogen (secondary N) is 1. The molecule has 1 saturated heterocycles. The summed E-state index contributed by atoms with van der Waals surface area (Å²) in [6.45, 7) is 3.93. The molecule has 6 nitrogen and oxygen atoms in total. The minimum absolute atomic E-state index is 0.0479. The lowest BCUT2D eigenvalue weighted by Crippen LogP contribution is -2.38. The molecule has 1 aliphatic carbocycles. The van der Waals surface area contributed by atoms with Gasteiger partial charge >= 0.3 is 0 Å². The van der Waals surface area contributed by atoms with E-state index in [1.54, 1.807) is 29.9 Å². The third-order valence-corrected chi connectivity index (χ3v) is 6.74. The van der Waals surface area contributed by atoms with Gasteiger partial charge in [0.05, 0.1) is 11.9 Å². The van der Waals surface area contributed by atoms with Crippen molar-refractivity contribution in [3.05, 3.63) is 29.2 Å². The number of nitrogens with zero attached hydrogens (tertiary/aromatic N) is 4. The Bertz CT molecular complexity index is 770. The molecule has 27 heavy (non-hydrogen) atoms. The first-order valence-electron chi connectivity index (χ1n) is 10.0. The summed E-state index contributed by atoms with van der Waals surface area (Å²) in [6, 6.07) is 0. The molecule has 2 aromatic rings. The first-order valence-corrected chi connectivity index (χ1v) is 10.8. The summed E-state index contributed by atoms with van der Waals surface area (Å²) in [5.74, 6) is 1.85. The summed E-state index contributed by atoms with van der Waals surface area (Å²) >= 11 is 1.68. The molecule has 1 fully saturated rings. The number of carbonyl (C=O) groups excluding carboxylic acids is 1. The van der Waals surface area contributed by atoms with Crippen molar-refractivity contribution in [2.75, 3.05) is 23.3 Å². The average molecular weight is 386 g/mol. The number of fused-ring (bicyclic) bond motifs is 1. The van der Waals surface area contributed by atoms with Gasteiger partial charge in [0.15, 0.2) is 5.13 Å².